The quantitative estimate of drug-likeness (QED) is 0.430. The molecule has 0 radical (unpaired) electrons. The summed E-state index contributed by atoms with van der Waals surface area (Å²) in [6.07, 6.45) is 1.23. The van der Waals surface area contributed by atoms with Gasteiger partial charge in [0.15, 0.2) is 0 Å². The Morgan fingerprint density at radius 3 is 2.90 bits per heavy atom. The summed E-state index contributed by atoms with van der Waals surface area (Å²) in [4.78, 5) is 6.92. The first-order valence-corrected chi connectivity index (χ1v) is 2.48. The molecule has 5 heteroatoms. The van der Waals surface area contributed by atoms with Gasteiger partial charge in [0.2, 0.25) is 5.96 Å². The molecule has 0 amide bonds. The van der Waals surface area contributed by atoms with Gasteiger partial charge in [-0.25, -0.2) is 4.99 Å². The zero-order valence-electron chi connectivity index (χ0n) is 5.00. The summed E-state index contributed by atoms with van der Waals surface area (Å²) in [6, 6.07) is 0. The molecule has 1 heterocycles. The molecule has 0 fully saturated rings. The molecular weight excluding hydrogens is 130 g/mol. The Kier molecular flexibility index (Phi) is 1.43. The molecule has 0 spiro atoms. The lowest BCUT2D eigenvalue weighted by Gasteiger charge is -2.03. The molecule has 0 aliphatic carbocycles. The van der Waals surface area contributed by atoms with Crippen LogP contribution in [-0.4, -0.2) is 23.9 Å². The van der Waals surface area contributed by atoms with E-state index in [-0.39, 0.29) is 17.4 Å². The molecule has 0 atom stereocenters. The highest BCUT2D eigenvalue weighted by Crippen LogP contribution is 1.94. The van der Waals surface area contributed by atoms with Crippen molar-refractivity contribution in [2.75, 3.05) is 0 Å². The van der Waals surface area contributed by atoms with E-state index in [1.54, 1.807) is 5.87 Å². The number of nitrogens with one attached hydrogen (secondary N) is 1. The third kappa shape index (κ3) is 0.985. The van der Waals surface area contributed by atoms with Crippen LogP contribution < -0.4 is 5.73 Å². The molecule has 1 aliphatic rings. The Morgan fingerprint density at radius 1 is 1.70 bits per heavy atom. The average Bonchev–Trinajstić information content (AvgIpc) is 1.88. The maximum Gasteiger partial charge on any atom is 0.243 e. The molecule has 0 bridgehead atoms. The first kappa shape index (κ1) is 6.38. The van der Waals surface area contributed by atoms with Crippen LogP contribution in [0.3, 0.4) is 0 Å². The lowest BCUT2D eigenvalue weighted by atomic mass is 10.3. The van der Waals surface area contributed by atoms with Gasteiger partial charge in [0.05, 0.1) is 5.57 Å². The van der Waals surface area contributed by atoms with Gasteiger partial charge in [-0.05, 0) is 0 Å². The molecule has 1 rings (SSSR count). The molecule has 0 saturated carbocycles. The van der Waals surface area contributed by atoms with Crippen molar-refractivity contribution in [1.82, 2.24) is 0 Å². The molecule has 0 aromatic carbocycles. The van der Waals surface area contributed by atoms with Crippen LogP contribution in [0, 0.1) is 5.41 Å². The van der Waals surface area contributed by atoms with E-state index in [9.17, 15) is 0 Å². The SMILES string of the molecule is [N-]=C=C1C=NC(=N)N=C1N. The topological polar surface area (TPSA) is 96.9 Å². The van der Waals surface area contributed by atoms with Crippen molar-refractivity contribution in [3.63, 3.8) is 0 Å². The van der Waals surface area contributed by atoms with E-state index < -0.39 is 0 Å². The number of nitrogens with zero attached hydrogens (tertiary/aromatic N) is 3. The van der Waals surface area contributed by atoms with Crippen LogP contribution in [0.2, 0.25) is 0 Å². The van der Waals surface area contributed by atoms with Gasteiger partial charge in [-0.1, -0.05) is 0 Å². The Morgan fingerprint density at radius 2 is 2.40 bits per heavy atom. The maximum absolute atomic E-state index is 8.34. The van der Waals surface area contributed by atoms with Crippen molar-refractivity contribution in [2.24, 2.45) is 15.7 Å². The minimum absolute atomic E-state index is 0.0579. The van der Waals surface area contributed by atoms with Crippen molar-refractivity contribution in [3.8, 4) is 0 Å². The average molecular weight is 134 g/mol. The fourth-order valence-corrected chi connectivity index (χ4v) is 0.481. The lowest BCUT2D eigenvalue weighted by Crippen LogP contribution is -2.21. The van der Waals surface area contributed by atoms with Crippen molar-refractivity contribution in [1.29, 1.82) is 5.41 Å². The fraction of sp³-hybridized carbons (Fsp3) is 0. The number of hydrogen-bond acceptors (Lipinski definition) is 2. The zero-order valence-corrected chi connectivity index (χ0v) is 5.00. The Balaban J connectivity index is 3.08. The third-order valence-corrected chi connectivity index (χ3v) is 0.939. The second-order valence-corrected chi connectivity index (χ2v) is 1.60. The summed E-state index contributed by atoms with van der Waals surface area (Å²) < 4.78 is 0. The summed E-state index contributed by atoms with van der Waals surface area (Å²) in [7, 11) is 0. The lowest BCUT2D eigenvalue weighted by molar-refractivity contribution is 1.35. The third-order valence-electron chi connectivity index (χ3n) is 0.939. The highest BCUT2D eigenvalue weighted by atomic mass is 15.1. The number of aliphatic imine (C=N–C) groups is 2. The van der Waals surface area contributed by atoms with Gasteiger partial charge in [-0.2, -0.15) is 4.99 Å². The molecule has 0 aromatic heterocycles. The predicted molar refractivity (Wildman–Crippen MR) is 39.7 cm³/mol. The van der Waals surface area contributed by atoms with E-state index in [1.807, 2.05) is 0 Å². The first-order valence-electron chi connectivity index (χ1n) is 2.48. The minimum atomic E-state index is -0.170. The van der Waals surface area contributed by atoms with Crippen molar-refractivity contribution in [2.45, 2.75) is 0 Å². The second-order valence-electron chi connectivity index (χ2n) is 1.60. The summed E-state index contributed by atoms with van der Waals surface area (Å²) in [5.41, 5.74) is 5.44. The summed E-state index contributed by atoms with van der Waals surface area (Å²) in [5, 5.41) is 15.2. The van der Waals surface area contributed by atoms with Gasteiger partial charge >= 0.3 is 0 Å². The van der Waals surface area contributed by atoms with Crippen molar-refractivity contribution < 1.29 is 0 Å². The van der Waals surface area contributed by atoms with Crippen LogP contribution in [-0.2, 0) is 0 Å². The number of nitrogens with two attached hydrogens (primary N) is 1. The second kappa shape index (κ2) is 2.24. The van der Waals surface area contributed by atoms with Gasteiger partial charge in [0, 0.05) is 6.21 Å². The largest absolute Gasteiger partial charge is 0.763 e. The first-order chi connectivity index (χ1) is 4.74. The molecule has 3 N–H and O–H groups in total. The van der Waals surface area contributed by atoms with E-state index in [2.05, 4.69) is 9.98 Å². The van der Waals surface area contributed by atoms with Gasteiger partial charge < -0.3 is 11.1 Å². The van der Waals surface area contributed by atoms with E-state index in [0.29, 0.717) is 0 Å². The van der Waals surface area contributed by atoms with Crippen molar-refractivity contribution in [3.05, 3.63) is 11.0 Å². The maximum atomic E-state index is 8.34. The summed E-state index contributed by atoms with van der Waals surface area (Å²) >= 11 is 0. The molecule has 5 nitrogen and oxygen atoms in total. The van der Waals surface area contributed by atoms with Crippen molar-refractivity contribution >= 4 is 23.9 Å². The molecule has 0 unspecified atom stereocenters. The van der Waals surface area contributed by atoms with E-state index in [1.165, 1.54) is 6.21 Å². The summed E-state index contributed by atoms with van der Waals surface area (Å²) in [5.74, 6) is 1.68. The fourth-order valence-electron chi connectivity index (χ4n) is 0.481. The highest BCUT2D eigenvalue weighted by Gasteiger charge is 2.03. The number of guanidine groups is 1. The van der Waals surface area contributed by atoms with E-state index >= 15 is 0 Å². The van der Waals surface area contributed by atoms with Crippen LogP contribution >= 0.6 is 0 Å². The molecule has 0 saturated heterocycles. The minimum Gasteiger partial charge on any atom is -0.763 e. The highest BCUT2D eigenvalue weighted by molar-refractivity contribution is 6.27. The molecule has 0 aromatic rings. The van der Waals surface area contributed by atoms with Crippen LogP contribution in [0.1, 0.15) is 0 Å². The van der Waals surface area contributed by atoms with Crippen LogP contribution in [0.15, 0.2) is 15.6 Å². The van der Waals surface area contributed by atoms with Gasteiger partial charge in [-0.3, -0.25) is 11.3 Å². The zero-order chi connectivity index (χ0) is 7.56. The molecule has 50 valence electrons. The van der Waals surface area contributed by atoms with Crippen LogP contribution in [0.25, 0.3) is 5.41 Å². The molecule has 10 heavy (non-hydrogen) atoms. The predicted octanol–water partition coefficient (Wildman–Crippen LogP) is -0.472. The number of rotatable bonds is 0. The van der Waals surface area contributed by atoms with Gasteiger partial charge in [0.25, 0.3) is 0 Å². The summed E-state index contributed by atoms with van der Waals surface area (Å²) in [6.45, 7) is 0. The van der Waals surface area contributed by atoms with Gasteiger partial charge in [0.1, 0.15) is 5.84 Å². The van der Waals surface area contributed by atoms with Gasteiger partial charge in [-0.15, -0.1) is 0 Å². The number of hydrogen-bond donors (Lipinski definition) is 2. The van der Waals surface area contributed by atoms with E-state index in [0.717, 1.165) is 0 Å². The Bertz CT molecular complexity index is 278. The van der Waals surface area contributed by atoms with E-state index in [4.69, 9.17) is 16.6 Å². The monoisotopic (exact) mass is 134 g/mol. The normalized spacial score (nSPS) is 16.6. The smallest absolute Gasteiger partial charge is 0.243 e. The molecule has 1 aliphatic heterocycles. The molecular formula is C5H4N5-. The standard InChI is InChI=1S/C5H4N5/c6-1-3-2-9-5(8)10-4(3)7/h2H,(H3,7,8,10)/q-1. The number of amidine groups is 1. The van der Waals surface area contributed by atoms with Crippen LogP contribution in [0.4, 0.5) is 0 Å². The Labute approximate surface area is 57.0 Å². The Hall–Kier alpha value is -1.74. The van der Waals surface area contributed by atoms with Crippen LogP contribution in [0.5, 0.6) is 0 Å².